The minimum Gasteiger partial charge on any atom is -0.461 e. The molecule has 9 heteroatoms. The molecule has 1 N–H and O–H groups in total. The van der Waals surface area contributed by atoms with Crippen LogP contribution in [0.25, 0.3) is 0 Å². The van der Waals surface area contributed by atoms with Gasteiger partial charge < -0.3 is 15.0 Å². The predicted molar refractivity (Wildman–Crippen MR) is 142 cm³/mol. The Balaban J connectivity index is 1.28. The van der Waals surface area contributed by atoms with Crippen LogP contribution in [0.4, 0.5) is 14.9 Å². The monoisotopic (exact) mass is 538 g/mol. The van der Waals surface area contributed by atoms with Crippen molar-refractivity contribution in [3.8, 4) is 6.07 Å². The number of nitrogens with zero attached hydrogens (tertiary/aromatic N) is 3. The highest BCUT2D eigenvalue weighted by atomic mass is 35.5. The van der Waals surface area contributed by atoms with Gasteiger partial charge in [-0.3, -0.25) is 9.69 Å². The highest BCUT2D eigenvalue weighted by molar-refractivity contribution is 6.31. The molecule has 3 aliphatic rings. The van der Waals surface area contributed by atoms with Gasteiger partial charge in [-0.05, 0) is 79.3 Å². The lowest BCUT2D eigenvalue weighted by molar-refractivity contribution is -0.145. The fraction of sp³-hybridized carbons (Fsp3) is 0.483. The first kappa shape index (κ1) is 26.5. The number of carbonyl (C=O) groups excluding carboxylic acids is 2. The molecule has 0 bridgehead atoms. The quantitative estimate of drug-likeness (QED) is 0.481. The number of hydrogen-bond donors (Lipinski definition) is 1. The summed E-state index contributed by atoms with van der Waals surface area (Å²) in [7, 11) is 0. The number of nitriles is 1. The number of anilines is 1. The molecule has 2 aliphatic carbocycles. The second-order valence-corrected chi connectivity index (χ2v) is 11.2. The van der Waals surface area contributed by atoms with E-state index in [2.05, 4.69) is 22.4 Å². The van der Waals surface area contributed by atoms with Crippen LogP contribution in [0.2, 0.25) is 5.02 Å². The van der Waals surface area contributed by atoms with Crippen LogP contribution in [0.1, 0.15) is 50.2 Å². The third-order valence-corrected chi connectivity index (χ3v) is 8.66. The molecule has 1 heterocycles. The van der Waals surface area contributed by atoms with Crippen LogP contribution < -0.4 is 5.32 Å². The maximum atomic E-state index is 13.7. The van der Waals surface area contributed by atoms with Crippen molar-refractivity contribution in [3.63, 3.8) is 0 Å². The van der Waals surface area contributed by atoms with E-state index in [0.29, 0.717) is 36.8 Å². The van der Waals surface area contributed by atoms with Crippen LogP contribution in [0, 0.1) is 23.1 Å². The van der Waals surface area contributed by atoms with E-state index < -0.39 is 5.82 Å². The third-order valence-electron chi connectivity index (χ3n) is 8.37. The summed E-state index contributed by atoms with van der Waals surface area (Å²) in [5.41, 5.74) is 2.46. The molecule has 0 unspecified atom stereocenters. The van der Waals surface area contributed by atoms with Crippen molar-refractivity contribution in [1.29, 1.82) is 5.26 Å². The van der Waals surface area contributed by atoms with Gasteiger partial charge in [-0.1, -0.05) is 23.7 Å². The van der Waals surface area contributed by atoms with Crippen molar-refractivity contribution >= 4 is 29.3 Å². The van der Waals surface area contributed by atoms with E-state index >= 15 is 0 Å². The van der Waals surface area contributed by atoms with Crippen molar-refractivity contribution in [3.05, 3.63) is 64.4 Å². The Bertz CT molecular complexity index is 1270. The van der Waals surface area contributed by atoms with Gasteiger partial charge in [0, 0.05) is 44.8 Å². The van der Waals surface area contributed by atoms with Crippen LogP contribution >= 0.6 is 11.6 Å². The second kappa shape index (κ2) is 10.9. The number of amides is 2. The maximum absolute atomic E-state index is 13.7. The lowest BCUT2D eigenvalue weighted by Gasteiger charge is -2.37. The standard InChI is InChI=1S/C29H32ClFN4O3/c1-19(36)38-25-8-10-34(18-25)11-12-35(28(37)33-23-5-6-27(31)26(30)15-23)24-7-9-29(16-22(29)14-24)21-4-2-3-20(13-21)17-32/h2-6,13,15,22,24-25H,7-12,14,16,18H2,1H3,(H,33,37)/t22-,24+,25+,29+/m0/s1. The highest BCUT2D eigenvalue weighted by Gasteiger charge is 2.58. The first-order chi connectivity index (χ1) is 18.3. The van der Waals surface area contributed by atoms with E-state index in [1.807, 2.05) is 23.1 Å². The molecular formula is C29H32ClFN4O3. The third kappa shape index (κ3) is 5.64. The van der Waals surface area contributed by atoms with Crippen molar-refractivity contribution in [1.82, 2.24) is 9.80 Å². The van der Waals surface area contributed by atoms with E-state index in [1.165, 1.54) is 30.7 Å². The zero-order chi connectivity index (χ0) is 26.9. The normalized spacial score (nSPS) is 26.2. The SMILES string of the molecule is CC(=O)O[C@@H]1CCN(CCN(C(=O)Nc2ccc(F)c(Cl)c2)[C@@H]2CC[C@]3(c4cccc(C#N)c4)C[C@@H]3C2)C1. The predicted octanol–water partition coefficient (Wildman–Crippen LogP) is 5.33. The number of carbonyl (C=O) groups is 2. The zero-order valence-corrected chi connectivity index (χ0v) is 22.2. The van der Waals surface area contributed by atoms with Gasteiger partial charge in [0.05, 0.1) is 16.7 Å². The van der Waals surface area contributed by atoms with Crippen LogP contribution in [0.15, 0.2) is 42.5 Å². The number of rotatable bonds is 7. The average molecular weight is 539 g/mol. The Morgan fingerprint density at radius 3 is 2.87 bits per heavy atom. The number of nitrogens with one attached hydrogen (secondary N) is 1. The van der Waals surface area contributed by atoms with Gasteiger partial charge in [-0.2, -0.15) is 5.26 Å². The van der Waals surface area contributed by atoms with Crippen LogP contribution in [0.3, 0.4) is 0 Å². The van der Waals surface area contributed by atoms with E-state index in [9.17, 15) is 19.2 Å². The molecule has 3 fully saturated rings. The van der Waals surface area contributed by atoms with Gasteiger partial charge in [0.25, 0.3) is 0 Å². The minimum atomic E-state index is -0.532. The lowest BCUT2D eigenvalue weighted by atomic mass is 9.80. The highest BCUT2D eigenvalue weighted by Crippen LogP contribution is 2.62. The Morgan fingerprint density at radius 1 is 1.29 bits per heavy atom. The molecule has 0 spiro atoms. The number of benzene rings is 2. The number of halogens is 2. The van der Waals surface area contributed by atoms with Crippen molar-refractivity contribution in [2.75, 3.05) is 31.5 Å². The summed E-state index contributed by atoms with van der Waals surface area (Å²) in [5.74, 6) is -0.340. The number of urea groups is 1. The summed E-state index contributed by atoms with van der Waals surface area (Å²) < 4.78 is 19.0. The van der Waals surface area contributed by atoms with Gasteiger partial charge in [-0.15, -0.1) is 0 Å². The van der Waals surface area contributed by atoms with Crippen LogP contribution in [-0.4, -0.2) is 60.1 Å². The molecule has 7 nitrogen and oxygen atoms in total. The molecule has 200 valence electrons. The van der Waals surface area contributed by atoms with Gasteiger partial charge in [0.15, 0.2) is 0 Å². The Hall–Kier alpha value is -3.15. The summed E-state index contributed by atoms with van der Waals surface area (Å²) in [4.78, 5) is 29.0. The topological polar surface area (TPSA) is 85.7 Å². The number of esters is 1. The molecule has 2 aromatic rings. The Labute approximate surface area is 227 Å². The average Bonchev–Trinajstić information content (AvgIpc) is 3.49. The largest absolute Gasteiger partial charge is 0.461 e. The smallest absolute Gasteiger partial charge is 0.322 e. The van der Waals surface area contributed by atoms with E-state index in [0.717, 1.165) is 38.6 Å². The van der Waals surface area contributed by atoms with E-state index in [1.54, 1.807) is 0 Å². The van der Waals surface area contributed by atoms with Gasteiger partial charge >= 0.3 is 12.0 Å². The van der Waals surface area contributed by atoms with Crippen LogP contribution in [-0.2, 0) is 14.9 Å². The molecule has 4 atom stereocenters. The maximum Gasteiger partial charge on any atom is 0.322 e. The summed E-state index contributed by atoms with van der Waals surface area (Å²) in [6.07, 6.45) is 4.46. The molecule has 5 rings (SSSR count). The van der Waals surface area contributed by atoms with Gasteiger partial charge in [0.2, 0.25) is 0 Å². The molecule has 1 aliphatic heterocycles. The number of fused-ring (bicyclic) bond motifs is 1. The van der Waals surface area contributed by atoms with Gasteiger partial charge in [-0.25, -0.2) is 9.18 Å². The molecule has 2 amide bonds. The first-order valence-electron chi connectivity index (χ1n) is 13.2. The summed E-state index contributed by atoms with van der Waals surface area (Å²) in [6, 6.07) is 14.2. The Kier molecular flexibility index (Phi) is 7.60. The molecule has 2 saturated carbocycles. The number of hydrogen-bond acceptors (Lipinski definition) is 5. The van der Waals surface area contributed by atoms with Gasteiger partial charge in [0.1, 0.15) is 11.9 Å². The fourth-order valence-electron chi connectivity index (χ4n) is 6.35. The molecule has 0 aromatic heterocycles. The summed E-state index contributed by atoms with van der Waals surface area (Å²) in [5, 5.41) is 12.2. The van der Waals surface area contributed by atoms with E-state index in [4.69, 9.17) is 16.3 Å². The molecule has 1 saturated heterocycles. The van der Waals surface area contributed by atoms with Crippen molar-refractivity contribution < 1.29 is 18.7 Å². The molecular weight excluding hydrogens is 507 g/mol. The van der Waals surface area contributed by atoms with Crippen molar-refractivity contribution in [2.45, 2.75) is 56.6 Å². The molecule has 0 radical (unpaired) electrons. The molecule has 38 heavy (non-hydrogen) atoms. The first-order valence-corrected chi connectivity index (χ1v) is 13.6. The number of ether oxygens (including phenoxy) is 1. The lowest BCUT2D eigenvalue weighted by Crippen LogP contribution is -2.48. The van der Waals surface area contributed by atoms with Crippen molar-refractivity contribution in [2.24, 2.45) is 5.92 Å². The second-order valence-electron chi connectivity index (χ2n) is 10.8. The van der Waals surface area contributed by atoms with E-state index in [-0.39, 0.29) is 34.6 Å². The fourth-order valence-corrected chi connectivity index (χ4v) is 6.53. The number of likely N-dealkylation sites (tertiary alicyclic amines) is 1. The molecule has 2 aromatic carbocycles. The summed E-state index contributed by atoms with van der Waals surface area (Å²) in [6.45, 7) is 4.10. The minimum absolute atomic E-state index is 0.0389. The summed E-state index contributed by atoms with van der Waals surface area (Å²) >= 11 is 5.94. The zero-order valence-electron chi connectivity index (χ0n) is 21.5. The Morgan fingerprint density at radius 2 is 2.13 bits per heavy atom. The van der Waals surface area contributed by atoms with Crippen LogP contribution in [0.5, 0.6) is 0 Å².